The molecule has 1 unspecified atom stereocenters. The van der Waals surface area contributed by atoms with Crippen LogP contribution in [0.5, 0.6) is 0 Å². The molecule has 0 aliphatic rings. The number of hydrogen-bond donors (Lipinski definition) is 3. The van der Waals surface area contributed by atoms with Crippen LogP contribution in [0.3, 0.4) is 0 Å². The van der Waals surface area contributed by atoms with Crippen LogP contribution in [0, 0.1) is 17.0 Å². The van der Waals surface area contributed by atoms with Gasteiger partial charge in [0.1, 0.15) is 5.69 Å². The molecule has 18 heavy (non-hydrogen) atoms. The van der Waals surface area contributed by atoms with E-state index in [0.717, 1.165) is 0 Å². The molecular weight excluding hydrogens is 304 g/mol. The molecule has 1 atom stereocenters. The Bertz CT molecular complexity index is 439. The zero-order chi connectivity index (χ0) is 13.7. The summed E-state index contributed by atoms with van der Waals surface area (Å²) >= 11 is 3.25. The fourth-order valence-electron chi connectivity index (χ4n) is 1.52. The predicted molar refractivity (Wildman–Crippen MR) is 71.7 cm³/mol. The first-order valence-electron chi connectivity index (χ1n) is 5.43. The molecule has 0 amide bonds. The Hall–Kier alpha value is -1.18. The summed E-state index contributed by atoms with van der Waals surface area (Å²) < 4.78 is 0.676. The molecule has 0 spiro atoms. The van der Waals surface area contributed by atoms with Crippen molar-refractivity contribution in [3.63, 3.8) is 0 Å². The zero-order valence-electron chi connectivity index (χ0n) is 9.89. The first kappa shape index (κ1) is 14.9. The van der Waals surface area contributed by atoms with Gasteiger partial charge in [0.2, 0.25) is 0 Å². The number of aliphatic hydroxyl groups is 2. The van der Waals surface area contributed by atoms with E-state index < -0.39 is 11.0 Å². The number of rotatable bonds is 6. The minimum absolute atomic E-state index is 0.0165. The summed E-state index contributed by atoms with van der Waals surface area (Å²) in [5.74, 6) is 0. The predicted octanol–water partition coefficient (Wildman–Crippen LogP) is 1.82. The number of nitrogens with zero attached hydrogens (tertiary/aromatic N) is 1. The molecule has 0 saturated carbocycles. The van der Waals surface area contributed by atoms with E-state index in [1.54, 1.807) is 19.1 Å². The number of halogens is 1. The summed E-state index contributed by atoms with van der Waals surface area (Å²) in [6.07, 6.45) is -0.490. The molecule has 0 heterocycles. The van der Waals surface area contributed by atoms with Crippen LogP contribution in [0.1, 0.15) is 12.0 Å². The highest BCUT2D eigenvalue weighted by atomic mass is 79.9. The Kier molecular flexibility index (Phi) is 5.52. The van der Waals surface area contributed by atoms with Crippen molar-refractivity contribution in [2.75, 3.05) is 18.5 Å². The Labute approximate surface area is 113 Å². The van der Waals surface area contributed by atoms with Crippen molar-refractivity contribution in [3.05, 3.63) is 32.3 Å². The molecule has 3 N–H and O–H groups in total. The highest BCUT2D eigenvalue weighted by Crippen LogP contribution is 2.33. The summed E-state index contributed by atoms with van der Waals surface area (Å²) in [5, 5.41) is 31.7. The van der Waals surface area contributed by atoms with Crippen molar-refractivity contribution >= 4 is 27.3 Å². The number of benzene rings is 1. The van der Waals surface area contributed by atoms with E-state index in [4.69, 9.17) is 5.11 Å². The molecule has 0 bridgehead atoms. The summed E-state index contributed by atoms with van der Waals surface area (Å²) in [6.45, 7) is 1.70. The number of nitrogens with one attached hydrogen (secondary N) is 1. The van der Waals surface area contributed by atoms with Gasteiger partial charge in [-0.05, 0) is 25.5 Å². The number of anilines is 1. The van der Waals surface area contributed by atoms with Gasteiger partial charge < -0.3 is 15.5 Å². The lowest BCUT2D eigenvalue weighted by atomic mass is 10.1. The van der Waals surface area contributed by atoms with Crippen molar-refractivity contribution < 1.29 is 15.1 Å². The number of aliphatic hydroxyl groups excluding tert-OH is 2. The van der Waals surface area contributed by atoms with Crippen molar-refractivity contribution in [2.45, 2.75) is 19.4 Å². The number of nitro benzene ring substituents is 1. The molecule has 0 aromatic heterocycles. The zero-order valence-corrected chi connectivity index (χ0v) is 11.5. The van der Waals surface area contributed by atoms with Crippen LogP contribution in [0.2, 0.25) is 0 Å². The van der Waals surface area contributed by atoms with Gasteiger partial charge in [-0.1, -0.05) is 15.9 Å². The van der Waals surface area contributed by atoms with Gasteiger partial charge >= 0.3 is 0 Å². The van der Waals surface area contributed by atoms with Crippen LogP contribution in [0.4, 0.5) is 11.4 Å². The number of hydrogen-bond acceptors (Lipinski definition) is 5. The smallest absolute Gasteiger partial charge is 0.296 e. The Morgan fingerprint density at radius 3 is 2.78 bits per heavy atom. The Morgan fingerprint density at radius 1 is 1.56 bits per heavy atom. The molecule has 1 rings (SSSR count). The van der Waals surface area contributed by atoms with Crippen LogP contribution < -0.4 is 5.32 Å². The minimum atomic E-state index is -0.812. The van der Waals surface area contributed by atoms with Crippen molar-refractivity contribution in [1.82, 2.24) is 0 Å². The quantitative estimate of drug-likeness (QED) is 0.549. The molecule has 6 nitrogen and oxygen atoms in total. The van der Waals surface area contributed by atoms with Gasteiger partial charge in [-0.3, -0.25) is 10.1 Å². The van der Waals surface area contributed by atoms with E-state index >= 15 is 0 Å². The van der Waals surface area contributed by atoms with Gasteiger partial charge in [-0.25, -0.2) is 0 Å². The highest BCUT2D eigenvalue weighted by molar-refractivity contribution is 9.10. The lowest BCUT2D eigenvalue weighted by Gasteiger charge is -2.11. The molecule has 0 saturated heterocycles. The Morgan fingerprint density at radius 2 is 2.22 bits per heavy atom. The van der Waals surface area contributed by atoms with Gasteiger partial charge in [-0.15, -0.1) is 0 Å². The summed E-state index contributed by atoms with van der Waals surface area (Å²) in [6, 6.07) is 3.34. The third-order valence-corrected chi connectivity index (χ3v) is 3.41. The SMILES string of the molecule is Cc1c(Br)ccc(NCCC(O)CO)c1[N+](=O)[O-]. The average molecular weight is 319 g/mol. The molecule has 0 fully saturated rings. The second-order valence-corrected chi connectivity index (χ2v) is 4.73. The monoisotopic (exact) mass is 318 g/mol. The van der Waals surface area contributed by atoms with E-state index in [9.17, 15) is 15.2 Å². The fraction of sp³-hybridized carbons (Fsp3) is 0.455. The fourth-order valence-corrected chi connectivity index (χ4v) is 1.84. The maximum Gasteiger partial charge on any atom is 0.296 e. The molecule has 0 aliphatic heterocycles. The maximum atomic E-state index is 11.0. The second kappa shape index (κ2) is 6.67. The summed E-state index contributed by atoms with van der Waals surface area (Å²) in [5.41, 5.74) is 0.974. The second-order valence-electron chi connectivity index (χ2n) is 3.88. The highest BCUT2D eigenvalue weighted by Gasteiger charge is 2.19. The first-order valence-corrected chi connectivity index (χ1v) is 6.23. The largest absolute Gasteiger partial charge is 0.394 e. The third-order valence-electron chi connectivity index (χ3n) is 2.55. The van der Waals surface area contributed by atoms with Gasteiger partial charge in [0.15, 0.2) is 0 Å². The van der Waals surface area contributed by atoms with E-state index in [1.165, 1.54) is 0 Å². The van der Waals surface area contributed by atoms with E-state index in [-0.39, 0.29) is 12.3 Å². The number of nitro groups is 1. The summed E-state index contributed by atoms with van der Waals surface area (Å²) in [7, 11) is 0. The molecule has 1 aromatic carbocycles. The van der Waals surface area contributed by atoms with Crippen LogP contribution in [-0.2, 0) is 0 Å². The van der Waals surface area contributed by atoms with E-state index in [2.05, 4.69) is 21.2 Å². The normalized spacial score (nSPS) is 12.2. The van der Waals surface area contributed by atoms with Crippen LogP contribution in [-0.4, -0.2) is 34.4 Å². The lowest BCUT2D eigenvalue weighted by molar-refractivity contribution is -0.384. The van der Waals surface area contributed by atoms with Crippen molar-refractivity contribution in [1.29, 1.82) is 0 Å². The third kappa shape index (κ3) is 3.66. The molecule has 0 aliphatic carbocycles. The van der Waals surface area contributed by atoms with Crippen LogP contribution in [0.25, 0.3) is 0 Å². The van der Waals surface area contributed by atoms with Crippen LogP contribution in [0.15, 0.2) is 16.6 Å². The molecule has 0 radical (unpaired) electrons. The maximum absolute atomic E-state index is 11.0. The van der Waals surface area contributed by atoms with Gasteiger partial charge in [0.25, 0.3) is 5.69 Å². The van der Waals surface area contributed by atoms with E-state index in [0.29, 0.717) is 28.7 Å². The molecular formula is C11H15BrN2O4. The van der Waals surface area contributed by atoms with Gasteiger partial charge in [0, 0.05) is 16.6 Å². The molecule has 1 aromatic rings. The average Bonchev–Trinajstić information content (AvgIpc) is 2.33. The first-order chi connectivity index (χ1) is 8.47. The van der Waals surface area contributed by atoms with Crippen molar-refractivity contribution in [2.24, 2.45) is 0 Å². The topological polar surface area (TPSA) is 95.6 Å². The van der Waals surface area contributed by atoms with Gasteiger partial charge in [0.05, 0.1) is 17.6 Å². The molecule has 7 heteroatoms. The van der Waals surface area contributed by atoms with Crippen molar-refractivity contribution in [3.8, 4) is 0 Å². The molecule has 100 valence electrons. The Balaban J connectivity index is 2.83. The standard InChI is InChI=1S/C11H15BrN2O4/c1-7-9(12)2-3-10(11(7)14(17)18)13-5-4-8(16)6-15/h2-3,8,13,15-16H,4-6H2,1H3. The van der Waals surface area contributed by atoms with Crippen LogP contribution >= 0.6 is 15.9 Å². The summed E-state index contributed by atoms with van der Waals surface area (Å²) in [4.78, 5) is 10.6. The lowest BCUT2D eigenvalue weighted by Crippen LogP contribution is -2.17. The minimum Gasteiger partial charge on any atom is -0.394 e. The van der Waals surface area contributed by atoms with Gasteiger partial charge in [-0.2, -0.15) is 0 Å². The van der Waals surface area contributed by atoms with E-state index in [1.807, 2.05) is 0 Å².